The zero-order valence-corrected chi connectivity index (χ0v) is 14.7. The predicted octanol–water partition coefficient (Wildman–Crippen LogP) is 4.43. The molecule has 1 atom stereocenters. The van der Waals surface area contributed by atoms with Crippen LogP contribution in [0.3, 0.4) is 0 Å². The van der Waals surface area contributed by atoms with Crippen molar-refractivity contribution in [3.8, 4) is 0 Å². The van der Waals surface area contributed by atoms with E-state index < -0.39 is 0 Å². The summed E-state index contributed by atoms with van der Waals surface area (Å²) >= 11 is 0. The Balaban J connectivity index is 1.30. The van der Waals surface area contributed by atoms with E-state index in [9.17, 15) is 4.79 Å². The number of rotatable bonds is 1. The van der Waals surface area contributed by atoms with Crippen LogP contribution in [0.5, 0.6) is 0 Å². The summed E-state index contributed by atoms with van der Waals surface area (Å²) in [5.74, 6) is 1.18. The topological polar surface area (TPSA) is 17.1 Å². The lowest BCUT2D eigenvalue weighted by Gasteiger charge is -2.15. The monoisotopic (exact) mass is 328 g/mol. The standard InChI is InChI=1S/C24H24O/c25-24-22-12-17-6-2-5-16(17)9-21(22)13-23(24)20-10-18-7-14-3-1-4-15(14)8-19(18)11-20/h7-9,12,20,23H,1-6,10-11,13H2. The fourth-order valence-corrected chi connectivity index (χ4v) is 6.01. The molecule has 6 rings (SSSR count). The fraction of sp³-hybridized carbons (Fsp3) is 0.458. The highest BCUT2D eigenvalue weighted by Gasteiger charge is 2.39. The second kappa shape index (κ2) is 5.06. The van der Waals surface area contributed by atoms with E-state index in [1.54, 1.807) is 11.1 Å². The largest absolute Gasteiger partial charge is 0.294 e. The second-order valence-electron chi connectivity index (χ2n) is 8.72. The van der Waals surface area contributed by atoms with Crippen molar-refractivity contribution in [1.29, 1.82) is 0 Å². The quantitative estimate of drug-likeness (QED) is 0.757. The van der Waals surface area contributed by atoms with Crippen molar-refractivity contribution in [1.82, 2.24) is 0 Å². The molecule has 0 N–H and O–H groups in total. The Labute approximate surface area is 149 Å². The molecule has 0 aromatic heterocycles. The van der Waals surface area contributed by atoms with Gasteiger partial charge >= 0.3 is 0 Å². The molecule has 2 aromatic rings. The minimum Gasteiger partial charge on any atom is -0.294 e. The van der Waals surface area contributed by atoms with Crippen molar-refractivity contribution in [3.05, 3.63) is 68.8 Å². The van der Waals surface area contributed by atoms with Crippen LogP contribution < -0.4 is 0 Å². The Bertz CT molecular complexity index is 887. The maximum absolute atomic E-state index is 13.1. The second-order valence-corrected chi connectivity index (χ2v) is 8.72. The van der Waals surface area contributed by atoms with Gasteiger partial charge in [-0.25, -0.2) is 0 Å². The van der Waals surface area contributed by atoms with Crippen LogP contribution in [-0.2, 0) is 44.9 Å². The van der Waals surface area contributed by atoms with Gasteiger partial charge in [-0.3, -0.25) is 4.79 Å². The van der Waals surface area contributed by atoms with Gasteiger partial charge in [-0.1, -0.05) is 18.2 Å². The maximum Gasteiger partial charge on any atom is 0.166 e. The average molecular weight is 328 g/mol. The Hall–Kier alpha value is -1.89. The van der Waals surface area contributed by atoms with Gasteiger partial charge in [0.2, 0.25) is 0 Å². The van der Waals surface area contributed by atoms with Crippen LogP contribution in [0.1, 0.15) is 62.1 Å². The van der Waals surface area contributed by atoms with E-state index in [1.807, 2.05) is 0 Å². The van der Waals surface area contributed by atoms with E-state index in [0.717, 1.165) is 24.8 Å². The zero-order valence-electron chi connectivity index (χ0n) is 14.7. The number of carbonyl (C=O) groups excluding carboxylic acids is 1. The van der Waals surface area contributed by atoms with Crippen molar-refractivity contribution in [2.24, 2.45) is 11.8 Å². The van der Waals surface area contributed by atoms with Gasteiger partial charge in [0.05, 0.1) is 0 Å². The van der Waals surface area contributed by atoms with E-state index in [0.29, 0.717) is 11.7 Å². The van der Waals surface area contributed by atoms with Gasteiger partial charge in [0.25, 0.3) is 0 Å². The van der Waals surface area contributed by atoms with Crippen molar-refractivity contribution in [3.63, 3.8) is 0 Å². The highest BCUT2D eigenvalue weighted by Crippen LogP contribution is 2.42. The van der Waals surface area contributed by atoms with E-state index in [1.165, 1.54) is 66.3 Å². The first-order valence-corrected chi connectivity index (χ1v) is 10.1. The molecule has 0 amide bonds. The summed E-state index contributed by atoms with van der Waals surface area (Å²) in [5.41, 5.74) is 11.6. The first kappa shape index (κ1) is 14.3. The number of carbonyl (C=O) groups is 1. The highest BCUT2D eigenvalue weighted by molar-refractivity contribution is 6.02. The molecule has 2 aromatic carbocycles. The normalized spacial score (nSPS) is 23.7. The smallest absolute Gasteiger partial charge is 0.166 e. The SMILES string of the molecule is O=C1c2cc3c(cc2CC1C1Cc2cc4c(cc2C1)CCC4)CCC3. The van der Waals surface area contributed by atoms with Gasteiger partial charge in [-0.05, 0) is 109 Å². The Morgan fingerprint density at radius 1 is 0.600 bits per heavy atom. The molecule has 0 bridgehead atoms. The lowest BCUT2D eigenvalue weighted by Crippen LogP contribution is -2.21. The van der Waals surface area contributed by atoms with Crippen molar-refractivity contribution in [2.75, 3.05) is 0 Å². The summed E-state index contributed by atoms with van der Waals surface area (Å²) in [6.07, 6.45) is 10.7. The van der Waals surface area contributed by atoms with E-state index >= 15 is 0 Å². The lowest BCUT2D eigenvalue weighted by atomic mass is 9.86. The first-order valence-electron chi connectivity index (χ1n) is 10.1. The van der Waals surface area contributed by atoms with Crippen molar-refractivity contribution < 1.29 is 4.79 Å². The van der Waals surface area contributed by atoms with Crippen molar-refractivity contribution >= 4 is 5.78 Å². The van der Waals surface area contributed by atoms with E-state index in [-0.39, 0.29) is 5.92 Å². The molecule has 1 heteroatoms. The molecule has 0 aliphatic heterocycles. The molecule has 4 aliphatic rings. The maximum atomic E-state index is 13.1. The predicted molar refractivity (Wildman–Crippen MR) is 99.4 cm³/mol. The molecule has 126 valence electrons. The summed E-state index contributed by atoms with van der Waals surface area (Å²) in [6, 6.07) is 9.56. The third kappa shape index (κ3) is 2.05. The number of hydrogen-bond donors (Lipinski definition) is 0. The number of hydrogen-bond acceptors (Lipinski definition) is 1. The molecule has 0 heterocycles. The summed E-state index contributed by atoms with van der Waals surface area (Å²) in [6.45, 7) is 0. The van der Waals surface area contributed by atoms with Crippen LogP contribution in [0.15, 0.2) is 24.3 Å². The highest BCUT2D eigenvalue weighted by atomic mass is 16.1. The molecule has 0 fully saturated rings. The van der Waals surface area contributed by atoms with E-state index in [4.69, 9.17) is 0 Å². The van der Waals surface area contributed by atoms with Gasteiger partial charge < -0.3 is 0 Å². The van der Waals surface area contributed by atoms with Gasteiger partial charge in [0.15, 0.2) is 5.78 Å². The molecule has 0 radical (unpaired) electrons. The average Bonchev–Trinajstić information content (AvgIpc) is 3.36. The molecular formula is C24H24O. The third-order valence-corrected chi connectivity index (χ3v) is 7.31. The molecule has 0 saturated carbocycles. The summed E-state index contributed by atoms with van der Waals surface area (Å²) in [5, 5.41) is 0. The van der Waals surface area contributed by atoms with Crippen molar-refractivity contribution in [2.45, 2.75) is 57.8 Å². The number of Topliss-reactive ketones (excluding diaryl/α,β-unsaturated/α-hetero) is 1. The van der Waals surface area contributed by atoms with Crippen LogP contribution in [0.4, 0.5) is 0 Å². The van der Waals surface area contributed by atoms with Crippen LogP contribution in [0.2, 0.25) is 0 Å². The van der Waals surface area contributed by atoms with E-state index in [2.05, 4.69) is 24.3 Å². The van der Waals surface area contributed by atoms with Crippen LogP contribution >= 0.6 is 0 Å². The minimum atomic E-state index is 0.222. The molecular weight excluding hydrogens is 304 g/mol. The summed E-state index contributed by atoms with van der Waals surface area (Å²) in [7, 11) is 0. The van der Waals surface area contributed by atoms with Crippen LogP contribution in [0.25, 0.3) is 0 Å². The summed E-state index contributed by atoms with van der Waals surface area (Å²) in [4.78, 5) is 13.1. The number of benzene rings is 2. The lowest BCUT2D eigenvalue weighted by molar-refractivity contribution is 0.0896. The number of aryl methyl sites for hydroxylation is 4. The number of fused-ring (bicyclic) bond motifs is 4. The molecule has 25 heavy (non-hydrogen) atoms. The van der Waals surface area contributed by atoms with Crippen LogP contribution in [0, 0.1) is 11.8 Å². The Morgan fingerprint density at radius 2 is 1.12 bits per heavy atom. The first-order chi connectivity index (χ1) is 12.3. The number of ketones is 1. The molecule has 1 nitrogen and oxygen atoms in total. The molecule has 0 saturated heterocycles. The van der Waals surface area contributed by atoms with Gasteiger partial charge in [-0.15, -0.1) is 0 Å². The minimum absolute atomic E-state index is 0.222. The molecule has 0 spiro atoms. The van der Waals surface area contributed by atoms with Gasteiger partial charge in [0.1, 0.15) is 0 Å². The summed E-state index contributed by atoms with van der Waals surface area (Å²) < 4.78 is 0. The third-order valence-electron chi connectivity index (χ3n) is 7.31. The van der Waals surface area contributed by atoms with Crippen LogP contribution in [-0.4, -0.2) is 5.78 Å². The van der Waals surface area contributed by atoms with Gasteiger partial charge in [0, 0.05) is 11.5 Å². The fourth-order valence-electron chi connectivity index (χ4n) is 6.01. The van der Waals surface area contributed by atoms with Gasteiger partial charge in [-0.2, -0.15) is 0 Å². The Morgan fingerprint density at radius 3 is 1.72 bits per heavy atom. The molecule has 4 aliphatic carbocycles. The molecule has 1 unspecified atom stereocenters. The Kier molecular flexibility index (Phi) is 2.90. The zero-order chi connectivity index (χ0) is 16.5.